The summed E-state index contributed by atoms with van der Waals surface area (Å²) in [5.74, 6) is 0. The smallest absolute Gasteiger partial charge is 0.0906 e. The van der Waals surface area contributed by atoms with Gasteiger partial charge in [-0.2, -0.15) is 0 Å². The van der Waals surface area contributed by atoms with Gasteiger partial charge in [0.15, 0.2) is 0 Å². The Morgan fingerprint density at radius 1 is 1.22 bits per heavy atom. The van der Waals surface area contributed by atoms with E-state index in [1.54, 1.807) is 0 Å². The van der Waals surface area contributed by atoms with Gasteiger partial charge in [0, 0.05) is 6.54 Å². The van der Waals surface area contributed by atoms with E-state index in [0.29, 0.717) is 0 Å². The van der Waals surface area contributed by atoms with E-state index in [4.69, 9.17) is 0 Å². The van der Waals surface area contributed by atoms with E-state index in [1.807, 2.05) is 0 Å². The van der Waals surface area contributed by atoms with Crippen molar-refractivity contribution in [1.29, 1.82) is 0 Å². The summed E-state index contributed by atoms with van der Waals surface area (Å²) in [5, 5.41) is 0. The van der Waals surface area contributed by atoms with Crippen LogP contribution in [0, 0.1) is 0 Å². The maximum absolute atomic E-state index is 11.6. The topological polar surface area (TPSA) is 3.24 Å². The molecule has 9 heavy (non-hydrogen) atoms. The number of alkyl halides is 1. The van der Waals surface area contributed by atoms with Crippen molar-refractivity contribution in [3.63, 3.8) is 0 Å². The lowest BCUT2D eigenvalue weighted by atomic mass is 10.4. The van der Waals surface area contributed by atoms with E-state index in [2.05, 4.69) is 4.90 Å². The first-order valence-electron chi connectivity index (χ1n) is 3.72. The zero-order valence-corrected chi connectivity index (χ0v) is 5.77. The van der Waals surface area contributed by atoms with Gasteiger partial charge in [-0.1, -0.05) is 0 Å². The standard InChI is InChI=1S/C7H14FN/c8-4-3-7-9-5-1-2-6-9/h1-7H2. The molecule has 0 saturated carbocycles. The van der Waals surface area contributed by atoms with Crippen molar-refractivity contribution in [3.8, 4) is 0 Å². The van der Waals surface area contributed by atoms with E-state index in [9.17, 15) is 4.39 Å². The van der Waals surface area contributed by atoms with Crippen molar-refractivity contribution >= 4 is 0 Å². The number of hydrogen-bond donors (Lipinski definition) is 0. The summed E-state index contributed by atoms with van der Waals surface area (Å²) in [7, 11) is 0. The van der Waals surface area contributed by atoms with Crippen LogP contribution >= 0.6 is 0 Å². The fourth-order valence-electron chi connectivity index (χ4n) is 1.29. The Balaban J connectivity index is 1.98. The molecule has 0 atom stereocenters. The van der Waals surface area contributed by atoms with Gasteiger partial charge in [0.25, 0.3) is 0 Å². The average molecular weight is 131 g/mol. The van der Waals surface area contributed by atoms with Crippen molar-refractivity contribution < 1.29 is 4.39 Å². The van der Waals surface area contributed by atoms with Crippen molar-refractivity contribution in [2.24, 2.45) is 0 Å². The minimum Gasteiger partial charge on any atom is -0.303 e. The third-order valence-electron chi connectivity index (χ3n) is 1.81. The van der Waals surface area contributed by atoms with Crippen LogP contribution in [-0.4, -0.2) is 31.2 Å². The quantitative estimate of drug-likeness (QED) is 0.560. The van der Waals surface area contributed by atoms with E-state index < -0.39 is 0 Å². The zero-order valence-electron chi connectivity index (χ0n) is 5.77. The molecule has 54 valence electrons. The summed E-state index contributed by atoms with van der Waals surface area (Å²) in [6.45, 7) is 3.20. The molecule has 0 aliphatic carbocycles. The largest absolute Gasteiger partial charge is 0.303 e. The highest BCUT2D eigenvalue weighted by molar-refractivity contribution is 4.64. The molecule has 0 aromatic carbocycles. The molecule has 0 radical (unpaired) electrons. The van der Waals surface area contributed by atoms with Gasteiger partial charge >= 0.3 is 0 Å². The van der Waals surface area contributed by atoms with Gasteiger partial charge in [0.05, 0.1) is 6.67 Å². The van der Waals surface area contributed by atoms with E-state index >= 15 is 0 Å². The number of likely N-dealkylation sites (tertiary alicyclic amines) is 1. The van der Waals surface area contributed by atoms with Crippen LogP contribution in [0.4, 0.5) is 4.39 Å². The molecular formula is C7H14FN. The molecule has 1 nitrogen and oxygen atoms in total. The van der Waals surface area contributed by atoms with E-state index in [1.165, 1.54) is 25.9 Å². The molecule has 1 heterocycles. The summed E-state index contributed by atoms with van der Waals surface area (Å²) >= 11 is 0. The zero-order chi connectivity index (χ0) is 6.53. The van der Waals surface area contributed by atoms with Crippen molar-refractivity contribution in [2.45, 2.75) is 19.3 Å². The first-order chi connectivity index (χ1) is 4.43. The maximum Gasteiger partial charge on any atom is 0.0906 e. The van der Waals surface area contributed by atoms with Crippen LogP contribution in [-0.2, 0) is 0 Å². The highest BCUT2D eigenvalue weighted by Gasteiger charge is 2.09. The van der Waals surface area contributed by atoms with Crippen LogP contribution in [0.5, 0.6) is 0 Å². The number of halogens is 1. The number of hydrogen-bond acceptors (Lipinski definition) is 1. The van der Waals surface area contributed by atoms with Crippen LogP contribution in [0.3, 0.4) is 0 Å². The summed E-state index contributed by atoms with van der Waals surface area (Å²) < 4.78 is 11.6. The second-order valence-electron chi connectivity index (χ2n) is 2.59. The Bertz CT molecular complexity index is 69.3. The van der Waals surface area contributed by atoms with Crippen LogP contribution in [0.2, 0.25) is 0 Å². The Morgan fingerprint density at radius 3 is 2.44 bits per heavy atom. The molecule has 0 N–H and O–H groups in total. The van der Waals surface area contributed by atoms with Gasteiger partial charge < -0.3 is 4.90 Å². The maximum atomic E-state index is 11.6. The fraction of sp³-hybridized carbons (Fsp3) is 1.00. The summed E-state index contributed by atoms with van der Waals surface area (Å²) in [6.07, 6.45) is 3.35. The third-order valence-corrected chi connectivity index (χ3v) is 1.81. The first kappa shape index (κ1) is 7.00. The summed E-state index contributed by atoms with van der Waals surface area (Å²) in [6, 6.07) is 0. The first-order valence-corrected chi connectivity index (χ1v) is 3.72. The molecule has 0 spiro atoms. The Morgan fingerprint density at radius 2 is 1.89 bits per heavy atom. The molecule has 0 aromatic heterocycles. The SMILES string of the molecule is FCCCN1CCCC1. The molecule has 1 aliphatic rings. The van der Waals surface area contributed by atoms with Crippen LogP contribution in [0.15, 0.2) is 0 Å². The molecular weight excluding hydrogens is 117 g/mol. The van der Waals surface area contributed by atoms with Crippen LogP contribution in [0.1, 0.15) is 19.3 Å². The molecule has 1 aliphatic heterocycles. The van der Waals surface area contributed by atoms with Gasteiger partial charge in [-0.25, -0.2) is 0 Å². The summed E-state index contributed by atoms with van der Waals surface area (Å²) in [5.41, 5.74) is 0. The van der Waals surface area contributed by atoms with Crippen LogP contribution < -0.4 is 0 Å². The third kappa shape index (κ3) is 2.31. The fourth-order valence-corrected chi connectivity index (χ4v) is 1.29. The molecule has 1 fully saturated rings. The lowest BCUT2D eigenvalue weighted by molar-refractivity contribution is 0.312. The molecule has 0 bridgehead atoms. The Kier molecular flexibility index (Phi) is 2.98. The van der Waals surface area contributed by atoms with Crippen molar-refractivity contribution in [3.05, 3.63) is 0 Å². The predicted molar refractivity (Wildman–Crippen MR) is 36.3 cm³/mol. The van der Waals surface area contributed by atoms with E-state index in [0.717, 1.165) is 13.0 Å². The molecule has 1 saturated heterocycles. The molecule has 0 unspecified atom stereocenters. The molecule has 1 rings (SSSR count). The lowest BCUT2D eigenvalue weighted by Crippen LogP contribution is -2.20. The normalized spacial score (nSPS) is 21.0. The second kappa shape index (κ2) is 3.83. The number of nitrogens with zero attached hydrogens (tertiary/aromatic N) is 1. The number of rotatable bonds is 3. The van der Waals surface area contributed by atoms with Gasteiger partial charge in [-0.05, 0) is 32.4 Å². The van der Waals surface area contributed by atoms with Crippen LogP contribution in [0.25, 0.3) is 0 Å². The monoisotopic (exact) mass is 131 g/mol. The highest BCUT2D eigenvalue weighted by Crippen LogP contribution is 2.06. The van der Waals surface area contributed by atoms with Gasteiger partial charge in [0.2, 0.25) is 0 Å². The molecule has 0 amide bonds. The van der Waals surface area contributed by atoms with Gasteiger partial charge in [-0.3, -0.25) is 4.39 Å². The molecule has 2 heteroatoms. The van der Waals surface area contributed by atoms with Crippen molar-refractivity contribution in [1.82, 2.24) is 4.90 Å². The van der Waals surface area contributed by atoms with Crippen molar-refractivity contribution in [2.75, 3.05) is 26.3 Å². The Labute approximate surface area is 55.8 Å². The average Bonchev–Trinajstić information content (AvgIpc) is 2.34. The minimum atomic E-state index is -0.156. The minimum absolute atomic E-state index is 0.156. The van der Waals surface area contributed by atoms with E-state index in [-0.39, 0.29) is 6.67 Å². The second-order valence-corrected chi connectivity index (χ2v) is 2.59. The molecule has 0 aromatic rings. The summed E-state index contributed by atoms with van der Waals surface area (Å²) in [4.78, 5) is 2.33. The Hall–Kier alpha value is -0.110. The highest BCUT2D eigenvalue weighted by atomic mass is 19.1. The lowest BCUT2D eigenvalue weighted by Gasteiger charge is -2.11. The van der Waals surface area contributed by atoms with Gasteiger partial charge in [-0.15, -0.1) is 0 Å². The predicted octanol–water partition coefficient (Wildman–Crippen LogP) is 1.44. The van der Waals surface area contributed by atoms with Gasteiger partial charge in [0.1, 0.15) is 0 Å².